The standard InChI is InChI=1S/C19H17ClN4O2/c20-14-2-3-15-16(12-21-17(15)9-14)18(25)4-1-13-10-22-19(23-11-13)24-5-7-26-8-6-24/h1-4,9-12,21H,5-8H2/b4-1+. The number of anilines is 1. The Morgan fingerprint density at radius 1 is 1.23 bits per heavy atom. The third-order valence-electron chi connectivity index (χ3n) is 4.29. The third kappa shape index (κ3) is 3.47. The lowest BCUT2D eigenvalue weighted by Crippen LogP contribution is -2.37. The zero-order valence-corrected chi connectivity index (χ0v) is 14.7. The Bertz CT molecular complexity index is 959. The molecule has 0 unspecified atom stereocenters. The van der Waals surface area contributed by atoms with Crippen molar-refractivity contribution in [2.24, 2.45) is 0 Å². The first-order chi connectivity index (χ1) is 12.7. The van der Waals surface area contributed by atoms with Crippen LogP contribution >= 0.6 is 11.6 Å². The third-order valence-corrected chi connectivity index (χ3v) is 4.52. The van der Waals surface area contributed by atoms with Gasteiger partial charge in [0.2, 0.25) is 5.95 Å². The second-order valence-electron chi connectivity index (χ2n) is 6.01. The molecule has 0 saturated carbocycles. The van der Waals surface area contributed by atoms with E-state index in [0.29, 0.717) is 29.7 Å². The maximum atomic E-state index is 12.5. The van der Waals surface area contributed by atoms with Crippen LogP contribution in [0.1, 0.15) is 15.9 Å². The molecule has 132 valence electrons. The fourth-order valence-corrected chi connectivity index (χ4v) is 3.08. The zero-order chi connectivity index (χ0) is 17.9. The highest BCUT2D eigenvalue weighted by atomic mass is 35.5. The number of ether oxygens (including phenoxy) is 1. The molecule has 3 heterocycles. The van der Waals surface area contributed by atoms with Gasteiger partial charge in [0.05, 0.1) is 13.2 Å². The molecule has 0 bridgehead atoms. The Kier molecular flexibility index (Phi) is 4.69. The van der Waals surface area contributed by atoms with Gasteiger partial charge in [-0.15, -0.1) is 0 Å². The molecule has 1 fully saturated rings. The number of fused-ring (bicyclic) bond motifs is 1. The number of morpholine rings is 1. The molecular weight excluding hydrogens is 352 g/mol. The van der Waals surface area contributed by atoms with Crippen LogP contribution in [-0.4, -0.2) is 47.0 Å². The molecule has 26 heavy (non-hydrogen) atoms. The van der Waals surface area contributed by atoms with Gasteiger partial charge in [-0.05, 0) is 24.3 Å². The number of allylic oxidation sites excluding steroid dienone is 1. The first-order valence-corrected chi connectivity index (χ1v) is 8.72. The highest BCUT2D eigenvalue weighted by Crippen LogP contribution is 2.22. The minimum Gasteiger partial charge on any atom is -0.378 e. The summed E-state index contributed by atoms with van der Waals surface area (Å²) < 4.78 is 5.33. The van der Waals surface area contributed by atoms with Crippen LogP contribution in [0, 0.1) is 0 Å². The fourth-order valence-electron chi connectivity index (χ4n) is 2.91. The lowest BCUT2D eigenvalue weighted by atomic mass is 10.1. The van der Waals surface area contributed by atoms with Gasteiger partial charge < -0.3 is 14.6 Å². The van der Waals surface area contributed by atoms with Crippen molar-refractivity contribution in [3.63, 3.8) is 0 Å². The number of ketones is 1. The van der Waals surface area contributed by atoms with Gasteiger partial charge in [0.25, 0.3) is 0 Å². The van der Waals surface area contributed by atoms with E-state index < -0.39 is 0 Å². The van der Waals surface area contributed by atoms with Crippen LogP contribution in [0.5, 0.6) is 0 Å². The van der Waals surface area contributed by atoms with Crippen molar-refractivity contribution in [2.45, 2.75) is 0 Å². The number of aromatic nitrogens is 3. The molecular formula is C19H17ClN4O2. The van der Waals surface area contributed by atoms with Gasteiger partial charge in [-0.1, -0.05) is 17.7 Å². The molecule has 7 heteroatoms. The summed E-state index contributed by atoms with van der Waals surface area (Å²) in [7, 11) is 0. The zero-order valence-electron chi connectivity index (χ0n) is 14.0. The van der Waals surface area contributed by atoms with Crippen LogP contribution in [0.15, 0.2) is 42.9 Å². The quantitative estimate of drug-likeness (QED) is 0.565. The van der Waals surface area contributed by atoms with Crippen LogP contribution in [0.4, 0.5) is 5.95 Å². The minimum atomic E-state index is -0.0872. The average Bonchev–Trinajstić information content (AvgIpc) is 3.10. The van der Waals surface area contributed by atoms with Crippen LogP contribution in [-0.2, 0) is 4.74 Å². The van der Waals surface area contributed by atoms with E-state index in [2.05, 4.69) is 19.9 Å². The van der Waals surface area contributed by atoms with E-state index in [0.717, 1.165) is 29.6 Å². The molecule has 1 N–H and O–H groups in total. The second-order valence-corrected chi connectivity index (χ2v) is 6.44. The molecule has 1 aliphatic rings. The highest BCUT2D eigenvalue weighted by Gasteiger charge is 2.13. The Morgan fingerprint density at radius 3 is 2.77 bits per heavy atom. The maximum Gasteiger partial charge on any atom is 0.225 e. The molecule has 0 atom stereocenters. The summed E-state index contributed by atoms with van der Waals surface area (Å²) in [6.45, 7) is 2.96. The molecule has 1 saturated heterocycles. The lowest BCUT2D eigenvalue weighted by molar-refractivity contribution is 0.104. The first-order valence-electron chi connectivity index (χ1n) is 8.34. The Labute approximate surface area is 155 Å². The Hall–Kier alpha value is -2.70. The molecule has 0 radical (unpaired) electrons. The molecule has 0 amide bonds. The molecule has 1 aliphatic heterocycles. The smallest absolute Gasteiger partial charge is 0.225 e. The van der Waals surface area contributed by atoms with Crippen molar-refractivity contribution in [1.29, 1.82) is 0 Å². The van der Waals surface area contributed by atoms with E-state index in [9.17, 15) is 4.79 Å². The number of aromatic amines is 1. The predicted molar refractivity (Wildman–Crippen MR) is 102 cm³/mol. The van der Waals surface area contributed by atoms with E-state index in [1.165, 1.54) is 6.08 Å². The number of rotatable bonds is 4. The normalized spacial score (nSPS) is 15.0. The molecule has 2 aromatic heterocycles. The number of nitrogens with one attached hydrogen (secondary N) is 1. The van der Waals surface area contributed by atoms with E-state index in [1.54, 1.807) is 36.8 Å². The van der Waals surface area contributed by atoms with E-state index >= 15 is 0 Å². The summed E-state index contributed by atoms with van der Waals surface area (Å²) in [5.74, 6) is 0.598. The van der Waals surface area contributed by atoms with Gasteiger partial charge in [0.15, 0.2) is 5.78 Å². The number of halogens is 1. The Morgan fingerprint density at radius 2 is 2.00 bits per heavy atom. The summed E-state index contributed by atoms with van der Waals surface area (Å²) in [5.41, 5.74) is 2.23. The summed E-state index contributed by atoms with van der Waals surface area (Å²) in [6, 6.07) is 5.42. The maximum absolute atomic E-state index is 12.5. The largest absolute Gasteiger partial charge is 0.378 e. The average molecular weight is 369 g/mol. The van der Waals surface area contributed by atoms with Crippen molar-refractivity contribution >= 4 is 40.3 Å². The monoisotopic (exact) mass is 368 g/mol. The second kappa shape index (κ2) is 7.27. The van der Waals surface area contributed by atoms with Gasteiger partial charge in [-0.2, -0.15) is 0 Å². The number of hydrogen-bond donors (Lipinski definition) is 1. The molecule has 6 nitrogen and oxygen atoms in total. The number of nitrogens with zero attached hydrogens (tertiary/aromatic N) is 3. The molecule has 3 aromatic rings. The van der Waals surface area contributed by atoms with Gasteiger partial charge in [0, 0.05) is 58.7 Å². The van der Waals surface area contributed by atoms with Crippen molar-refractivity contribution in [3.05, 3.63) is 59.0 Å². The van der Waals surface area contributed by atoms with E-state index in [1.807, 2.05) is 6.07 Å². The van der Waals surface area contributed by atoms with Crippen LogP contribution in [0.2, 0.25) is 5.02 Å². The van der Waals surface area contributed by atoms with E-state index in [4.69, 9.17) is 16.3 Å². The van der Waals surface area contributed by atoms with Crippen molar-refractivity contribution in [3.8, 4) is 0 Å². The number of hydrogen-bond acceptors (Lipinski definition) is 5. The van der Waals surface area contributed by atoms with Crippen LogP contribution < -0.4 is 4.90 Å². The molecule has 0 aliphatic carbocycles. The first kappa shape index (κ1) is 16.8. The fraction of sp³-hybridized carbons (Fsp3) is 0.211. The van der Waals surface area contributed by atoms with Gasteiger partial charge >= 0.3 is 0 Å². The van der Waals surface area contributed by atoms with Crippen LogP contribution in [0.25, 0.3) is 17.0 Å². The van der Waals surface area contributed by atoms with E-state index in [-0.39, 0.29) is 5.78 Å². The number of H-pyrrole nitrogens is 1. The predicted octanol–water partition coefficient (Wildman–Crippen LogP) is 3.34. The van der Waals surface area contributed by atoms with Gasteiger partial charge in [-0.3, -0.25) is 4.79 Å². The summed E-state index contributed by atoms with van der Waals surface area (Å²) in [6.07, 6.45) is 8.39. The summed E-state index contributed by atoms with van der Waals surface area (Å²) in [5, 5.41) is 1.48. The van der Waals surface area contributed by atoms with Gasteiger partial charge in [-0.25, -0.2) is 9.97 Å². The molecule has 0 spiro atoms. The molecule has 4 rings (SSSR count). The minimum absolute atomic E-state index is 0.0872. The number of carbonyl (C=O) groups excluding carboxylic acids is 1. The summed E-state index contributed by atoms with van der Waals surface area (Å²) in [4.78, 5) is 26.4. The number of carbonyl (C=O) groups is 1. The number of benzene rings is 1. The van der Waals surface area contributed by atoms with Crippen molar-refractivity contribution < 1.29 is 9.53 Å². The van der Waals surface area contributed by atoms with Crippen LogP contribution in [0.3, 0.4) is 0 Å². The highest BCUT2D eigenvalue weighted by molar-refractivity contribution is 6.31. The van der Waals surface area contributed by atoms with Gasteiger partial charge in [0.1, 0.15) is 0 Å². The lowest BCUT2D eigenvalue weighted by Gasteiger charge is -2.26. The topological polar surface area (TPSA) is 71.1 Å². The summed E-state index contributed by atoms with van der Waals surface area (Å²) >= 11 is 5.97. The Balaban J connectivity index is 1.49. The SMILES string of the molecule is O=C(/C=C/c1cnc(N2CCOCC2)nc1)c1c[nH]c2cc(Cl)ccc12. The van der Waals surface area contributed by atoms with Crippen molar-refractivity contribution in [2.75, 3.05) is 31.2 Å². The molecule has 1 aromatic carbocycles. The van der Waals surface area contributed by atoms with Crippen molar-refractivity contribution in [1.82, 2.24) is 15.0 Å².